The highest BCUT2D eigenvalue weighted by Crippen LogP contribution is 2.33. The lowest BCUT2D eigenvalue weighted by Gasteiger charge is -2.36. The monoisotopic (exact) mass is 436 g/mol. The normalized spacial score (nSPS) is 17.4. The highest BCUT2D eigenvalue weighted by molar-refractivity contribution is 5.95. The van der Waals surface area contributed by atoms with Crippen LogP contribution in [0.15, 0.2) is 30.3 Å². The molecule has 3 heterocycles. The quantitative estimate of drug-likeness (QED) is 0.718. The van der Waals surface area contributed by atoms with Gasteiger partial charge in [0, 0.05) is 43.8 Å². The van der Waals surface area contributed by atoms with Crippen LogP contribution < -0.4 is 4.90 Å². The van der Waals surface area contributed by atoms with Gasteiger partial charge < -0.3 is 9.64 Å². The minimum absolute atomic E-state index is 0.0145. The lowest BCUT2D eigenvalue weighted by Crippen LogP contribution is -2.49. The van der Waals surface area contributed by atoms with Gasteiger partial charge in [0.05, 0.1) is 6.54 Å². The highest BCUT2D eigenvalue weighted by atomic mass is 16.5. The van der Waals surface area contributed by atoms with Crippen molar-refractivity contribution >= 4 is 17.6 Å². The first-order valence-corrected chi connectivity index (χ1v) is 11.4. The number of ether oxygens (including phenoxy) is 1. The van der Waals surface area contributed by atoms with Gasteiger partial charge in [0.25, 0.3) is 5.91 Å². The third kappa shape index (κ3) is 4.39. The van der Waals surface area contributed by atoms with E-state index in [4.69, 9.17) is 14.7 Å². The van der Waals surface area contributed by atoms with E-state index in [9.17, 15) is 9.59 Å². The van der Waals surface area contributed by atoms with Gasteiger partial charge in [-0.05, 0) is 45.6 Å². The molecular formula is C25H32N4O3. The second-order valence-corrected chi connectivity index (χ2v) is 9.22. The van der Waals surface area contributed by atoms with E-state index in [-0.39, 0.29) is 17.7 Å². The molecule has 2 amide bonds. The van der Waals surface area contributed by atoms with Crippen LogP contribution in [0.2, 0.25) is 0 Å². The Morgan fingerprint density at radius 3 is 2.47 bits per heavy atom. The number of piperidine rings is 1. The van der Waals surface area contributed by atoms with Gasteiger partial charge in [-0.25, -0.2) is 9.97 Å². The fraction of sp³-hybridized carbons (Fsp3) is 0.520. The summed E-state index contributed by atoms with van der Waals surface area (Å²) in [7, 11) is 1.57. The Balaban J connectivity index is 1.55. The summed E-state index contributed by atoms with van der Waals surface area (Å²) in [6.45, 7) is 7.44. The molecule has 0 spiro atoms. The van der Waals surface area contributed by atoms with E-state index in [1.807, 2.05) is 47.1 Å². The minimum atomic E-state index is -0.815. The van der Waals surface area contributed by atoms with Crippen molar-refractivity contribution < 1.29 is 14.3 Å². The number of rotatable bonds is 5. The van der Waals surface area contributed by atoms with E-state index in [1.54, 1.807) is 21.0 Å². The molecule has 0 unspecified atom stereocenters. The number of nitrogens with zero attached hydrogens (tertiary/aromatic N) is 4. The molecule has 2 aromatic rings. The summed E-state index contributed by atoms with van der Waals surface area (Å²) in [5, 5.41) is 0. The molecule has 7 nitrogen and oxygen atoms in total. The molecule has 0 N–H and O–H groups in total. The fourth-order valence-electron chi connectivity index (χ4n) is 4.52. The number of benzene rings is 1. The van der Waals surface area contributed by atoms with E-state index in [0.29, 0.717) is 32.5 Å². The summed E-state index contributed by atoms with van der Waals surface area (Å²) in [4.78, 5) is 39.0. The van der Waals surface area contributed by atoms with Crippen LogP contribution >= 0.6 is 0 Å². The SMILES string of the molecule is COC(C)(C)C(=O)N1CCC(c2nc(C)c3c(n2)N(Cc2ccccc2)C(=O)CC3)CC1. The summed E-state index contributed by atoms with van der Waals surface area (Å²) in [5.74, 6) is 1.83. The van der Waals surface area contributed by atoms with E-state index in [2.05, 4.69) is 0 Å². The molecule has 0 saturated carbocycles. The number of carbonyl (C=O) groups is 2. The Kier molecular flexibility index (Phi) is 6.29. The van der Waals surface area contributed by atoms with Crippen molar-refractivity contribution in [1.82, 2.24) is 14.9 Å². The zero-order valence-electron chi connectivity index (χ0n) is 19.4. The molecule has 1 saturated heterocycles. The van der Waals surface area contributed by atoms with Gasteiger partial charge in [0.2, 0.25) is 5.91 Å². The molecule has 1 aromatic heterocycles. The summed E-state index contributed by atoms with van der Waals surface area (Å²) in [6, 6.07) is 10.0. The molecule has 1 fully saturated rings. The predicted octanol–water partition coefficient (Wildman–Crippen LogP) is 3.40. The average Bonchev–Trinajstić information content (AvgIpc) is 2.81. The van der Waals surface area contributed by atoms with Crippen LogP contribution in [0.3, 0.4) is 0 Å². The second-order valence-electron chi connectivity index (χ2n) is 9.22. The van der Waals surface area contributed by atoms with Crippen molar-refractivity contribution in [2.45, 2.75) is 64.5 Å². The number of hydrogen-bond acceptors (Lipinski definition) is 5. The van der Waals surface area contributed by atoms with Gasteiger partial charge in [-0.2, -0.15) is 0 Å². The number of hydrogen-bond donors (Lipinski definition) is 0. The topological polar surface area (TPSA) is 75.6 Å². The van der Waals surface area contributed by atoms with Crippen molar-refractivity contribution in [3.8, 4) is 0 Å². The van der Waals surface area contributed by atoms with Gasteiger partial charge in [0.15, 0.2) is 0 Å². The molecule has 0 radical (unpaired) electrons. The molecule has 0 atom stereocenters. The van der Waals surface area contributed by atoms with Gasteiger partial charge >= 0.3 is 0 Å². The maximum Gasteiger partial charge on any atom is 0.254 e. The number of fused-ring (bicyclic) bond motifs is 1. The Morgan fingerprint density at radius 2 is 1.81 bits per heavy atom. The number of amides is 2. The highest BCUT2D eigenvalue weighted by Gasteiger charge is 2.35. The average molecular weight is 437 g/mol. The molecule has 4 rings (SSSR count). The van der Waals surface area contributed by atoms with Crippen LogP contribution in [0.25, 0.3) is 0 Å². The molecule has 170 valence electrons. The lowest BCUT2D eigenvalue weighted by molar-refractivity contribution is -0.152. The molecule has 32 heavy (non-hydrogen) atoms. The Morgan fingerprint density at radius 1 is 1.12 bits per heavy atom. The van der Waals surface area contributed by atoms with E-state index >= 15 is 0 Å². The van der Waals surface area contributed by atoms with E-state index < -0.39 is 5.60 Å². The van der Waals surface area contributed by atoms with E-state index in [0.717, 1.165) is 41.3 Å². The third-order valence-electron chi connectivity index (χ3n) is 6.71. The fourth-order valence-corrected chi connectivity index (χ4v) is 4.52. The van der Waals surface area contributed by atoms with Crippen molar-refractivity contribution in [2.75, 3.05) is 25.1 Å². The van der Waals surface area contributed by atoms with E-state index in [1.165, 1.54) is 0 Å². The number of carbonyl (C=O) groups excluding carboxylic acids is 2. The first-order valence-electron chi connectivity index (χ1n) is 11.4. The number of likely N-dealkylation sites (tertiary alicyclic amines) is 1. The van der Waals surface area contributed by atoms with Crippen molar-refractivity contribution in [2.24, 2.45) is 0 Å². The summed E-state index contributed by atoms with van der Waals surface area (Å²) in [6.07, 6.45) is 2.77. The van der Waals surface area contributed by atoms with Crippen molar-refractivity contribution in [3.05, 3.63) is 53.0 Å². The molecule has 0 bridgehead atoms. The van der Waals surface area contributed by atoms with Crippen LogP contribution in [0.5, 0.6) is 0 Å². The molecular weight excluding hydrogens is 404 g/mol. The molecule has 2 aliphatic rings. The van der Waals surface area contributed by atoms with Crippen LogP contribution in [-0.4, -0.2) is 52.5 Å². The van der Waals surface area contributed by atoms with Crippen LogP contribution in [0.1, 0.15) is 61.7 Å². The number of methoxy groups -OCH3 is 1. The Hall–Kier alpha value is -2.80. The van der Waals surface area contributed by atoms with Crippen LogP contribution in [0, 0.1) is 6.92 Å². The van der Waals surface area contributed by atoms with Gasteiger partial charge in [-0.1, -0.05) is 30.3 Å². The standard InChI is InChI=1S/C25H32N4O3/c1-17-20-10-11-21(30)29(16-18-8-6-5-7-9-18)23(20)27-22(26-17)19-12-14-28(15-13-19)24(31)25(2,3)32-4/h5-9,19H,10-16H2,1-4H3. The summed E-state index contributed by atoms with van der Waals surface area (Å²) >= 11 is 0. The number of aromatic nitrogens is 2. The Bertz CT molecular complexity index is 998. The van der Waals surface area contributed by atoms with Crippen LogP contribution in [-0.2, 0) is 27.3 Å². The Labute approximate surface area is 189 Å². The number of anilines is 1. The van der Waals surface area contributed by atoms with Crippen LogP contribution in [0.4, 0.5) is 5.82 Å². The first kappa shape index (κ1) is 22.4. The summed E-state index contributed by atoms with van der Waals surface area (Å²) < 4.78 is 5.36. The minimum Gasteiger partial charge on any atom is -0.369 e. The number of aryl methyl sites for hydroxylation is 1. The van der Waals surface area contributed by atoms with Crippen molar-refractivity contribution in [3.63, 3.8) is 0 Å². The van der Waals surface area contributed by atoms with Crippen molar-refractivity contribution in [1.29, 1.82) is 0 Å². The molecule has 2 aliphatic heterocycles. The molecule has 7 heteroatoms. The maximum absolute atomic E-state index is 12.8. The largest absolute Gasteiger partial charge is 0.369 e. The van der Waals surface area contributed by atoms with Gasteiger partial charge in [-0.3, -0.25) is 14.5 Å². The smallest absolute Gasteiger partial charge is 0.254 e. The third-order valence-corrected chi connectivity index (χ3v) is 6.71. The molecule has 1 aromatic carbocycles. The first-order chi connectivity index (χ1) is 15.3. The summed E-state index contributed by atoms with van der Waals surface area (Å²) in [5.41, 5.74) is 2.29. The predicted molar refractivity (Wildman–Crippen MR) is 122 cm³/mol. The second kappa shape index (κ2) is 8.98. The maximum atomic E-state index is 12.8. The molecule has 0 aliphatic carbocycles. The lowest BCUT2D eigenvalue weighted by atomic mass is 9.93. The zero-order chi connectivity index (χ0) is 22.9. The van der Waals surface area contributed by atoms with Gasteiger partial charge in [0.1, 0.15) is 17.2 Å². The van der Waals surface area contributed by atoms with Gasteiger partial charge in [-0.15, -0.1) is 0 Å². The zero-order valence-corrected chi connectivity index (χ0v) is 19.4.